The Labute approximate surface area is 125 Å². The average molecular weight is 297 g/mol. The van der Waals surface area contributed by atoms with Crippen molar-refractivity contribution >= 4 is 11.7 Å². The van der Waals surface area contributed by atoms with Gasteiger partial charge in [-0.05, 0) is 52.0 Å². The van der Waals surface area contributed by atoms with Crippen LogP contribution in [0, 0.1) is 5.82 Å². The summed E-state index contributed by atoms with van der Waals surface area (Å²) in [5.41, 5.74) is -0.819. The molecule has 0 fully saturated rings. The highest BCUT2D eigenvalue weighted by molar-refractivity contribution is 5.84. The van der Waals surface area contributed by atoms with E-state index in [1.165, 1.54) is 12.1 Å². The lowest BCUT2D eigenvalue weighted by molar-refractivity contribution is -0.150. The zero-order valence-corrected chi connectivity index (χ0v) is 13.3. The number of benzene rings is 1. The summed E-state index contributed by atoms with van der Waals surface area (Å²) in [6.45, 7) is 7.62. The number of nitrogens with one attached hydrogen (secondary N) is 1. The Morgan fingerprint density at radius 3 is 2.29 bits per heavy atom. The van der Waals surface area contributed by atoms with E-state index in [4.69, 9.17) is 9.47 Å². The minimum Gasteiger partial charge on any atom is -0.464 e. The van der Waals surface area contributed by atoms with E-state index in [0.29, 0.717) is 18.7 Å². The summed E-state index contributed by atoms with van der Waals surface area (Å²) in [6, 6.07) is 5.87. The smallest absolute Gasteiger partial charge is 0.331 e. The molecular weight excluding hydrogens is 273 g/mol. The van der Waals surface area contributed by atoms with E-state index in [1.54, 1.807) is 33.1 Å². The standard InChI is InChI=1S/C16H24FNO3/c1-6-21-14(19)16(4,11-15(2,3)20-5)18-13-9-7-12(17)8-10-13/h7-10,18H,6,11H2,1-5H3. The Morgan fingerprint density at radius 1 is 1.24 bits per heavy atom. The molecule has 1 unspecified atom stereocenters. The molecule has 0 aliphatic carbocycles. The maximum absolute atomic E-state index is 13.0. The van der Waals surface area contributed by atoms with Gasteiger partial charge in [-0.3, -0.25) is 0 Å². The Balaban J connectivity index is 3.00. The number of methoxy groups -OCH3 is 1. The first kappa shape index (κ1) is 17.4. The van der Waals surface area contributed by atoms with Crippen molar-refractivity contribution in [1.82, 2.24) is 0 Å². The van der Waals surface area contributed by atoms with E-state index in [1.807, 2.05) is 13.8 Å². The highest BCUT2D eigenvalue weighted by atomic mass is 19.1. The lowest BCUT2D eigenvalue weighted by Gasteiger charge is -2.36. The van der Waals surface area contributed by atoms with E-state index in [-0.39, 0.29) is 11.8 Å². The zero-order valence-electron chi connectivity index (χ0n) is 13.3. The van der Waals surface area contributed by atoms with Crippen molar-refractivity contribution in [2.75, 3.05) is 19.0 Å². The first-order chi connectivity index (χ1) is 9.72. The Bertz CT molecular complexity index is 473. The maximum Gasteiger partial charge on any atom is 0.331 e. The highest BCUT2D eigenvalue weighted by Crippen LogP contribution is 2.28. The average Bonchev–Trinajstić information content (AvgIpc) is 2.41. The molecule has 0 aromatic heterocycles. The number of hydrogen-bond donors (Lipinski definition) is 1. The summed E-state index contributed by atoms with van der Waals surface area (Å²) in [5, 5.41) is 3.14. The second-order valence-electron chi connectivity index (χ2n) is 5.83. The Kier molecular flexibility index (Phi) is 5.72. The predicted molar refractivity (Wildman–Crippen MR) is 80.8 cm³/mol. The third kappa shape index (κ3) is 5.01. The third-order valence-corrected chi connectivity index (χ3v) is 3.32. The van der Waals surface area contributed by atoms with Gasteiger partial charge in [-0.25, -0.2) is 9.18 Å². The first-order valence-corrected chi connectivity index (χ1v) is 6.98. The van der Waals surface area contributed by atoms with Crippen molar-refractivity contribution in [2.24, 2.45) is 0 Å². The van der Waals surface area contributed by atoms with Gasteiger partial charge in [-0.15, -0.1) is 0 Å². The second kappa shape index (κ2) is 6.89. The summed E-state index contributed by atoms with van der Waals surface area (Å²) >= 11 is 0. The number of halogens is 1. The van der Waals surface area contributed by atoms with Gasteiger partial charge in [0, 0.05) is 19.2 Å². The van der Waals surface area contributed by atoms with Crippen LogP contribution in [0.25, 0.3) is 0 Å². The molecule has 1 aromatic carbocycles. The molecular formula is C16H24FNO3. The number of esters is 1. The molecule has 1 N–H and O–H groups in total. The molecule has 0 heterocycles. The van der Waals surface area contributed by atoms with Crippen molar-refractivity contribution in [3.63, 3.8) is 0 Å². The van der Waals surface area contributed by atoms with Crippen LogP contribution in [-0.4, -0.2) is 30.8 Å². The van der Waals surface area contributed by atoms with Crippen LogP contribution in [0.2, 0.25) is 0 Å². The molecule has 21 heavy (non-hydrogen) atoms. The van der Waals surface area contributed by atoms with Crippen LogP contribution < -0.4 is 5.32 Å². The monoisotopic (exact) mass is 297 g/mol. The SMILES string of the molecule is CCOC(=O)C(C)(CC(C)(C)OC)Nc1ccc(F)cc1. The van der Waals surface area contributed by atoms with Gasteiger partial charge >= 0.3 is 5.97 Å². The molecule has 1 atom stereocenters. The number of hydrogen-bond acceptors (Lipinski definition) is 4. The lowest BCUT2D eigenvalue weighted by Crippen LogP contribution is -2.50. The summed E-state index contributed by atoms with van der Waals surface area (Å²) in [5.74, 6) is -0.685. The number of carbonyl (C=O) groups is 1. The summed E-state index contributed by atoms with van der Waals surface area (Å²) < 4.78 is 23.6. The fraction of sp³-hybridized carbons (Fsp3) is 0.562. The Hall–Kier alpha value is -1.62. The zero-order chi connectivity index (χ0) is 16.1. The normalized spacial score (nSPS) is 14.4. The van der Waals surface area contributed by atoms with Crippen LogP contribution in [0.15, 0.2) is 24.3 Å². The molecule has 0 bridgehead atoms. The van der Waals surface area contributed by atoms with Crippen molar-refractivity contribution in [3.8, 4) is 0 Å². The molecule has 118 valence electrons. The van der Waals surface area contributed by atoms with E-state index >= 15 is 0 Å². The van der Waals surface area contributed by atoms with Gasteiger partial charge in [0.2, 0.25) is 0 Å². The molecule has 4 nitrogen and oxygen atoms in total. The van der Waals surface area contributed by atoms with E-state index in [0.717, 1.165) is 0 Å². The van der Waals surface area contributed by atoms with Crippen LogP contribution in [0.4, 0.5) is 10.1 Å². The molecule has 0 aliphatic rings. The van der Waals surface area contributed by atoms with Gasteiger partial charge in [0.1, 0.15) is 11.4 Å². The molecule has 0 amide bonds. The molecule has 5 heteroatoms. The number of carbonyl (C=O) groups excluding carboxylic acids is 1. The topological polar surface area (TPSA) is 47.6 Å². The van der Waals surface area contributed by atoms with Crippen LogP contribution in [0.5, 0.6) is 0 Å². The fourth-order valence-electron chi connectivity index (χ4n) is 2.23. The van der Waals surface area contributed by atoms with Crippen molar-refractivity contribution in [1.29, 1.82) is 0 Å². The van der Waals surface area contributed by atoms with Crippen LogP contribution in [0.1, 0.15) is 34.1 Å². The van der Waals surface area contributed by atoms with Crippen molar-refractivity contribution in [2.45, 2.75) is 45.3 Å². The van der Waals surface area contributed by atoms with E-state index in [9.17, 15) is 9.18 Å². The van der Waals surface area contributed by atoms with Gasteiger partial charge in [-0.2, -0.15) is 0 Å². The van der Waals surface area contributed by atoms with Gasteiger partial charge in [0.15, 0.2) is 0 Å². The van der Waals surface area contributed by atoms with Crippen LogP contribution in [0.3, 0.4) is 0 Å². The quantitative estimate of drug-likeness (QED) is 0.784. The number of anilines is 1. The molecule has 0 saturated heterocycles. The minimum atomic E-state index is -0.965. The third-order valence-electron chi connectivity index (χ3n) is 3.32. The first-order valence-electron chi connectivity index (χ1n) is 6.98. The van der Waals surface area contributed by atoms with E-state index in [2.05, 4.69) is 5.32 Å². The molecule has 0 aliphatic heterocycles. The largest absolute Gasteiger partial charge is 0.464 e. The predicted octanol–water partition coefficient (Wildman–Crippen LogP) is 3.37. The second-order valence-corrected chi connectivity index (χ2v) is 5.83. The van der Waals surface area contributed by atoms with Gasteiger partial charge in [-0.1, -0.05) is 0 Å². The van der Waals surface area contributed by atoms with Crippen molar-refractivity contribution < 1.29 is 18.7 Å². The maximum atomic E-state index is 13.0. The van der Waals surface area contributed by atoms with E-state index < -0.39 is 11.1 Å². The van der Waals surface area contributed by atoms with Gasteiger partial charge in [0.05, 0.1) is 12.2 Å². The molecule has 0 saturated carbocycles. The fourth-order valence-corrected chi connectivity index (χ4v) is 2.23. The molecule has 1 rings (SSSR count). The summed E-state index contributed by atoms with van der Waals surface area (Å²) in [7, 11) is 1.60. The van der Waals surface area contributed by atoms with Crippen LogP contribution in [-0.2, 0) is 14.3 Å². The molecule has 0 spiro atoms. The summed E-state index contributed by atoms with van der Waals surface area (Å²) in [6.07, 6.45) is 0.409. The number of rotatable bonds is 7. The highest BCUT2D eigenvalue weighted by Gasteiger charge is 2.40. The van der Waals surface area contributed by atoms with Crippen molar-refractivity contribution in [3.05, 3.63) is 30.1 Å². The minimum absolute atomic E-state index is 0.299. The lowest BCUT2D eigenvalue weighted by atomic mass is 9.87. The van der Waals surface area contributed by atoms with Gasteiger partial charge in [0.25, 0.3) is 0 Å². The summed E-state index contributed by atoms with van der Waals surface area (Å²) in [4.78, 5) is 12.3. The van der Waals surface area contributed by atoms with Gasteiger partial charge < -0.3 is 14.8 Å². The molecule has 0 radical (unpaired) electrons. The molecule has 1 aromatic rings. The Morgan fingerprint density at radius 2 is 1.81 bits per heavy atom. The van der Waals surface area contributed by atoms with Crippen LogP contribution >= 0.6 is 0 Å². The number of ether oxygens (including phenoxy) is 2.